The largest absolute Gasteiger partial charge is 0.461 e. The van der Waals surface area contributed by atoms with Crippen LogP contribution in [0.3, 0.4) is 0 Å². The summed E-state index contributed by atoms with van der Waals surface area (Å²) in [5.41, 5.74) is 5.47. The molecule has 0 unspecified atom stereocenters. The van der Waals surface area contributed by atoms with Gasteiger partial charge in [0.25, 0.3) is 5.91 Å². The third kappa shape index (κ3) is 6.00. The number of carbonyl (C=O) groups is 3. The Morgan fingerprint density at radius 1 is 1.21 bits per heavy atom. The summed E-state index contributed by atoms with van der Waals surface area (Å²) >= 11 is 0. The van der Waals surface area contributed by atoms with Crippen molar-refractivity contribution in [3.63, 3.8) is 0 Å². The van der Waals surface area contributed by atoms with Gasteiger partial charge >= 0.3 is 11.9 Å². The molecule has 0 aliphatic rings. The van der Waals surface area contributed by atoms with Crippen LogP contribution in [0.5, 0.6) is 5.75 Å². The van der Waals surface area contributed by atoms with Gasteiger partial charge in [0.15, 0.2) is 0 Å². The highest BCUT2D eigenvalue weighted by atomic mass is 16.5. The van der Waals surface area contributed by atoms with Crippen LogP contribution in [0.25, 0.3) is 0 Å². The zero-order valence-electron chi connectivity index (χ0n) is 14.5. The summed E-state index contributed by atoms with van der Waals surface area (Å²) in [5, 5.41) is 2.63. The Bertz CT molecular complexity index is 620. The molecule has 7 nitrogen and oxygen atoms in total. The molecule has 1 amide bonds. The number of hydrogen-bond acceptors (Lipinski definition) is 6. The highest BCUT2D eigenvalue weighted by Gasteiger charge is 2.25. The van der Waals surface area contributed by atoms with Crippen LogP contribution in [0.4, 0.5) is 0 Å². The number of hydrogen-bond donors (Lipinski definition) is 2. The number of ether oxygens (including phenoxy) is 2. The number of nitrogens with two attached hydrogens (primary N) is 1. The van der Waals surface area contributed by atoms with Crippen LogP contribution < -0.4 is 15.8 Å². The number of esters is 2. The van der Waals surface area contributed by atoms with Crippen molar-refractivity contribution in [3.8, 4) is 5.75 Å². The first-order valence-corrected chi connectivity index (χ1v) is 7.62. The molecule has 0 fully saturated rings. The Hall–Kier alpha value is -2.41. The standard InChI is InChI=1S/C17H24N2O5/c1-11(20)23-10-12-5-6-14(24-16(22)17(2,3)4)13(9-12)15(21)19-8-7-18/h5-6,9H,7-8,10,18H2,1-4H3,(H,19,21). The van der Waals surface area contributed by atoms with Crippen molar-refractivity contribution < 1.29 is 23.9 Å². The third-order valence-corrected chi connectivity index (χ3v) is 2.98. The molecule has 0 aliphatic carbocycles. The van der Waals surface area contributed by atoms with E-state index in [4.69, 9.17) is 15.2 Å². The third-order valence-electron chi connectivity index (χ3n) is 2.98. The second-order valence-electron chi connectivity index (χ2n) is 6.29. The topological polar surface area (TPSA) is 108 Å². The lowest BCUT2D eigenvalue weighted by Crippen LogP contribution is -2.31. The van der Waals surface area contributed by atoms with Gasteiger partial charge < -0.3 is 20.5 Å². The number of carbonyl (C=O) groups excluding carboxylic acids is 3. The molecular formula is C17H24N2O5. The van der Waals surface area contributed by atoms with E-state index in [0.29, 0.717) is 12.1 Å². The molecule has 1 rings (SSSR count). The molecule has 0 bridgehead atoms. The lowest BCUT2D eigenvalue weighted by atomic mass is 9.97. The van der Waals surface area contributed by atoms with Crippen LogP contribution in [0.15, 0.2) is 18.2 Å². The lowest BCUT2D eigenvalue weighted by Gasteiger charge is -2.18. The fourth-order valence-corrected chi connectivity index (χ4v) is 1.65. The maximum absolute atomic E-state index is 12.3. The second kappa shape index (κ2) is 8.44. The van der Waals surface area contributed by atoms with Gasteiger partial charge in [-0.15, -0.1) is 0 Å². The zero-order chi connectivity index (χ0) is 18.3. The molecule has 0 aromatic heterocycles. The molecule has 24 heavy (non-hydrogen) atoms. The van der Waals surface area contributed by atoms with E-state index < -0.39 is 23.3 Å². The predicted octanol–water partition coefficient (Wildman–Crippen LogP) is 1.39. The van der Waals surface area contributed by atoms with Gasteiger partial charge in [-0.05, 0) is 38.5 Å². The number of rotatable bonds is 6. The minimum absolute atomic E-state index is 0.0278. The van der Waals surface area contributed by atoms with Crippen molar-refractivity contribution in [2.24, 2.45) is 11.1 Å². The van der Waals surface area contributed by atoms with Crippen molar-refractivity contribution in [1.82, 2.24) is 5.32 Å². The quantitative estimate of drug-likeness (QED) is 0.600. The normalized spacial score (nSPS) is 10.9. The van der Waals surface area contributed by atoms with E-state index in [1.807, 2.05) is 0 Å². The molecule has 0 saturated carbocycles. The SMILES string of the molecule is CC(=O)OCc1ccc(OC(=O)C(C)(C)C)c(C(=O)NCCN)c1. The molecule has 1 aromatic rings. The average molecular weight is 336 g/mol. The molecule has 7 heteroatoms. The van der Waals surface area contributed by atoms with Gasteiger partial charge in [-0.25, -0.2) is 0 Å². The maximum atomic E-state index is 12.3. The van der Waals surface area contributed by atoms with Gasteiger partial charge in [0.1, 0.15) is 12.4 Å². The second-order valence-corrected chi connectivity index (χ2v) is 6.29. The number of nitrogens with one attached hydrogen (secondary N) is 1. The van der Waals surface area contributed by atoms with Crippen LogP contribution in [-0.4, -0.2) is 30.9 Å². The molecule has 0 saturated heterocycles. The van der Waals surface area contributed by atoms with Crippen LogP contribution in [0.2, 0.25) is 0 Å². The molecule has 0 spiro atoms. The van der Waals surface area contributed by atoms with Gasteiger partial charge in [-0.1, -0.05) is 6.07 Å². The molecule has 0 atom stereocenters. The highest BCUT2D eigenvalue weighted by molar-refractivity contribution is 5.98. The summed E-state index contributed by atoms with van der Waals surface area (Å²) in [6.45, 7) is 7.07. The molecule has 1 aromatic carbocycles. The summed E-state index contributed by atoms with van der Waals surface area (Å²) in [4.78, 5) is 35.3. The molecular weight excluding hydrogens is 312 g/mol. The summed E-state index contributed by atoms with van der Waals surface area (Å²) in [7, 11) is 0. The van der Waals surface area contributed by atoms with Crippen LogP contribution in [0, 0.1) is 5.41 Å². The molecule has 0 radical (unpaired) electrons. The van der Waals surface area contributed by atoms with Gasteiger partial charge in [0.05, 0.1) is 11.0 Å². The smallest absolute Gasteiger partial charge is 0.316 e. The Labute approximate surface area is 141 Å². The van der Waals surface area contributed by atoms with Crippen molar-refractivity contribution in [2.45, 2.75) is 34.3 Å². The van der Waals surface area contributed by atoms with E-state index in [9.17, 15) is 14.4 Å². The van der Waals surface area contributed by atoms with Crippen LogP contribution in [0.1, 0.15) is 43.6 Å². The fourth-order valence-electron chi connectivity index (χ4n) is 1.65. The Balaban J connectivity index is 3.09. The van der Waals surface area contributed by atoms with E-state index in [1.54, 1.807) is 26.8 Å². The first-order valence-electron chi connectivity index (χ1n) is 7.62. The van der Waals surface area contributed by atoms with E-state index in [1.165, 1.54) is 19.1 Å². The van der Waals surface area contributed by atoms with Crippen molar-refractivity contribution in [2.75, 3.05) is 13.1 Å². The van der Waals surface area contributed by atoms with E-state index >= 15 is 0 Å². The molecule has 0 aliphatic heterocycles. The fraction of sp³-hybridized carbons (Fsp3) is 0.471. The van der Waals surface area contributed by atoms with Gasteiger partial charge in [0.2, 0.25) is 0 Å². The Morgan fingerprint density at radius 3 is 2.42 bits per heavy atom. The summed E-state index contributed by atoms with van der Waals surface area (Å²) in [6, 6.07) is 4.67. The first-order chi connectivity index (χ1) is 11.1. The Kier molecular flexibility index (Phi) is 6.91. The molecule has 0 heterocycles. The predicted molar refractivity (Wildman–Crippen MR) is 88.4 cm³/mol. The first kappa shape index (κ1) is 19.6. The molecule has 3 N–H and O–H groups in total. The van der Waals surface area contributed by atoms with Gasteiger partial charge in [-0.2, -0.15) is 0 Å². The van der Waals surface area contributed by atoms with Crippen molar-refractivity contribution in [1.29, 1.82) is 0 Å². The summed E-state index contributed by atoms with van der Waals surface area (Å²) in [5.74, 6) is -1.15. The molecule has 132 valence electrons. The monoisotopic (exact) mass is 336 g/mol. The highest BCUT2D eigenvalue weighted by Crippen LogP contribution is 2.24. The summed E-state index contributed by atoms with van der Waals surface area (Å²) < 4.78 is 10.3. The van der Waals surface area contributed by atoms with Crippen molar-refractivity contribution in [3.05, 3.63) is 29.3 Å². The number of benzene rings is 1. The van der Waals surface area contributed by atoms with Gasteiger partial charge in [-0.3, -0.25) is 14.4 Å². The van der Waals surface area contributed by atoms with Crippen molar-refractivity contribution >= 4 is 17.8 Å². The zero-order valence-corrected chi connectivity index (χ0v) is 14.5. The average Bonchev–Trinajstić information content (AvgIpc) is 2.50. The lowest BCUT2D eigenvalue weighted by molar-refractivity contribution is -0.143. The maximum Gasteiger partial charge on any atom is 0.316 e. The minimum atomic E-state index is -0.707. The van der Waals surface area contributed by atoms with E-state index in [2.05, 4.69) is 5.32 Å². The van der Waals surface area contributed by atoms with E-state index in [-0.39, 0.29) is 24.5 Å². The van der Waals surface area contributed by atoms with Crippen LogP contribution >= 0.6 is 0 Å². The van der Waals surface area contributed by atoms with E-state index in [0.717, 1.165) is 0 Å². The van der Waals surface area contributed by atoms with Crippen LogP contribution in [-0.2, 0) is 20.9 Å². The minimum Gasteiger partial charge on any atom is -0.461 e. The summed E-state index contributed by atoms with van der Waals surface area (Å²) in [6.07, 6.45) is 0. The Morgan fingerprint density at radius 2 is 1.88 bits per heavy atom. The van der Waals surface area contributed by atoms with Gasteiger partial charge in [0, 0.05) is 20.0 Å². The number of amides is 1.